The SMILES string of the molecule is CCNCc1c(Cl)cccc1OCCC(C)(C)O. The van der Waals surface area contributed by atoms with E-state index < -0.39 is 5.60 Å². The first-order valence-electron chi connectivity index (χ1n) is 6.27. The second-order valence-corrected chi connectivity index (χ2v) is 5.31. The van der Waals surface area contributed by atoms with Gasteiger partial charge in [0.2, 0.25) is 0 Å². The quantitative estimate of drug-likeness (QED) is 0.801. The van der Waals surface area contributed by atoms with Gasteiger partial charge >= 0.3 is 0 Å². The van der Waals surface area contributed by atoms with Gasteiger partial charge in [-0.05, 0) is 32.5 Å². The molecule has 102 valence electrons. The molecule has 0 unspecified atom stereocenters. The lowest BCUT2D eigenvalue weighted by Gasteiger charge is -2.18. The Morgan fingerprint density at radius 3 is 2.72 bits per heavy atom. The van der Waals surface area contributed by atoms with Crippen LogP contribution in [0.5, 0.6) is 5.75 Å². The van der Waals surface area contributed by atoms with Crippen LogP contribution in [-0.2, 0) is 6.54 Å². The third kappa shape index (κ3) is 5.25. The van der Waals surface area contributed by atoms with Crippen molar-refractivity contribution >= 4 is 11.6 Å². The zero-order valence-electron chi connectivity index (χ0n) is 11.3. The number of nitrogens with one attached hydrogen (secondary N) is 1. The van der Waals surface area contributed by atoms with Crippen LogP contribution in [0.2, 0.25) is 5.02 Å². The van der Waals surface area contributed by atoms with Crippen LogP contribution < -0.4 is 10.1 Å². The first-order valence-corrected chi connectivity index (χ1v) is 6.65. The van der Waals surface area contributed by atoms with Gasteiger partial charge in [-0.15, -0.1) is 0 Å². The van der Waals surface area contributed by atoms with E-state index in [0.717, 1.165) is 17.9 Å². The van der Waals surface area contributed by atoms with Gasteiger partial charge in [-0.25, -0.2) is 0 Å². The lowest BCUT2D eigenvalue weighted by atomic mass is 10.1. The largest absolute Gasteiger partial charge is 0.493 e. The minimum absolute atomic E-state index is 0.475. The molecule has 0 spiro atoms. The summed E-state index contributed by atoms with van der Waals surface area (Å²) < 4.78 is 5.71. The van der Waals surface area contributed by atoms with Crippen molar-refractivity contribution in [1.82, 2.24) is 5.32 Å². The molecule has 1 aromatic rings. The van der Waals surface area contributed by atoms with Crippen LogP contribution in [0.4, 0.5) is 0 Å². The number of ether oxygens (including phenoxy) is 1. The van der Waals surface area contributed by atoms with Gasteiger partial charge < -0.3 is 15.2 Å². The monoisotopic (exact) mass is 271 g/mol. The molecule has 0 aromatic heterocycles. The first kappa shape index (κ1) is 15.3. The van der Waals surface area contributed by atoms with Gasteiger partial charge in [-0.3, -0.25) is 0 Å². The number of hydrogen-bond donors (Lipinski definition) is 2. The topological polar surface area (TPSA) is 41.5 Å². The van der Waals surface area contributed by atoms with Crippen molar-refractivity contribution in [3.63, 3.8) is 0 Å². The molecule has 0 bridgehead atoms. The summed E-state index contributed by atoms with van der Waals surface area (Å²) in [5.74, 6) is 0.785. The van der Waals surface area contributed by atoms with Crippen LogP contribution in [0, 0.1) is 0 Å². The third-order valence-electron chi connectivity index (χ3n) is 2.60. The maximum atomic E-state index is 9.64. The molecule has 0 saturated carbocycles. The number of halogens is 1. The average Bonchev–Trinajstić information content (AvgIpc) is 2.26. The number of rotatable bonds is 7. The molecule has 0 fully saturated rings. The van der Waals surface area contributed by atoms with E-state index in [9.17, 15) is 5.11 Å². The molecule has 0 aliphatic heterocycles. The molecule has 3 nitrogen and oxygen atoms in total. The Morgan fingerprint density at radius 2 is 2.11 bits per heavy atom. The molecular weight excluding hydrogens is 250 g/mol. The standard InChI is InChI=1S/C14H22ClNO2/c1-4-16-10-11-12(15)6-5-7-13(11)18-9-8-14(2,3)17/h5-7,16-17H,4,8-10H2,1-3H3. The van der Waals surface area contributed by atoms with E-state index >= 15 is 0 Å². The molecule has 0 radical (unpaired) electrons. The lowest BCUT2D eigenvalue weighted by molar-refractivity contribution is 0.0552. The van der Waals surface area contributed by atoms with Crippen molar-refractivity contribution in [2.24, 2.45) is 0 Å². The van der Waals surface area contributed by atoms with E-state index in [2.05, 4.69) is 5.32 Å². The minimum atomic E-state index is -0.708. The molecule has 0 heterocycles. The van der Waals surface area contributed by atoms with Crippen LogP contribution in [0.1, 0.15) is 32.8 Å². The molecule has 0 aliphatic carbocycles. The fourth-order valence-corrected chi connectivity index (χ4v) is 1.74. The van der Waals surface area contributed by atoms with E-state index in [1.807, 2.05) is 25.1 Å². The molecule has 1 rings (SSSR count). The van der Waals surface area contributed by atoms with Crippen molar-refractivity contribution in [3.8, 4) is 5.75 Å². The van der Waals surface area contributed by atoms with Crippen LogP contribution in [0.25, 0.3) is 0 Å². The van der Waals surface area contributed by atoms with Crippen molar-refractivity contribution in [3.05, 3.63) is 28.8 Å². The predicted molar refractivity (Wildman–Crippen MR) is 75.2 cm³/mol. The van der Waals surface area contributed by atoms with Crippen molar-refractivity contribution in [2.75, 3.05) is 13.2 Å². The van der Waals surface area contributed by atoms with E-state index in [4.69, 9.17) is 16.3 Å². The van der Waals surface area contributed by atoms with E-state index in [0.29, 0.717) is 24.6 Å². The normalized spacial score (nSPS) is 11.6. The summed E-state index contributed by atoms with van der Waals surface area (Å²) in [6.45, 7) is 7.64. The van der Waals surface area contributed by atoms with Gasteiger partial charge in [0.25, 0.3) is 0 Å². The summed E-state index contributed by atoms with van der Waals surface area (Å²) in [5.41, 5.74) is 0.261. The van der Waals surface area contributed by atoms with Crippen molar-refractivity contribution in [1.29, 1.82) is 0 Å². The highest BCUT2D eigenvalue weighted by Gasteiger charge is 2.13. The Hall–Kier alpha value is -0.770. The molecule has 0 atom stereocenters. The number of hydrogen-bond acceptors (Lipinski definition) is 3. The Kier molecular flexibility index (Phi) is 5.93. The molecular formula is C14H22ClNO2. The molecule has 0 aliphatic rings. The fourth-order valence-electron chi connectivity index (χ4n) is 1.51. The maximum Gasteiger partial charge on any atom is 0.125 e. The molecule has 2 N–H and O–H groups in total. The molecule has 4 heteroatoms. The maximum absolute atomic E-state index is 9.64. The van der Waals surface area contributed by atoms with Gasteiger partial charge in [0.15, 0.2) is 0 Å². The summed E-state index contributed by atoms with van der Waals surface area (Å²) in [6.07, 6.45) is 0.583. The second kappa shape index (κ2) is 6.98. The van der Waals surface area contributed by atoms with Gasteiger partial charge in [0.05, 0.1) is 12.2 Å². The highest BCUT2D eigenvalue weighted by atomic mass is 35.5. The smallest absolute Gasteiger partial charge is 0.125 e. The van der Waals surface area contributed by atoms with Gasteiger partial charge in [0.1, 0.15) is 5.75 Å². The van der Waals surface area contributed by atoms with Gasteiger partial charge in [-0.1, -0.05) is 24.6 Å². The summed E-state index contributed by atoms with van der Waals surface area (Å²) in [4.78, 5) is 0. The third-order valence-corrected chi connectivity index (χ3v) is 2.95. The van der Waals surface area contributed by atoms with Gasteiger partial charge in [-0.2, -0.15) is 0 Å². The first-order chi connectivity index (χ1) is 8.44. The Morgan fingerprint density at radius 1 is 1.39 bits per heavy atom. The second-order valence-electron chi connectivity index (χ2n) is 4.91. The summed E-state index contributed by atoms with van der Waals surface area (Å²) in [7, 11) is 0. The molecule has 18 heavy (non-hydrogen) atoms. The van der Waals surface area contributed by atoms with Gasteiger partial charge in [0, 0.05) is 23.6 Å². The number of benzene rings is 1. The molecule has 0 saturated heterocycles. The molecule has 0 amide bonds. The summed E-state index contributed by atoms with van der Waals surface area (Å²) in [5, 5.41) is 13.6. The average molecular weight is 272 g/mol. The van der Waals surface area contributed by atoms with Crippen molar-refractivity contribution in [2.45, 2.75) is 39.3 Å². The zero-order valence-corrected chi connectivity index (χ0v) is 12.0. The molecule has 1 aromatic carbocycles. The highest BCUT2D eigenvalue weighted by Crippen LogP contribution is 2.26. The Labute approximate surface area is 114 Å². The van der Waals surface area contributed by atoms with E-state index in [1.165, 1.54) is 0 Å². The lowest BCUT2D eigenvalue weighted by Crippen LogP contribution is -2.22. The van der Waals surface area contributed by atoms with Crippen molar-refractivity contribution < 1.29 is 9.84 Å². The zero-order chi connectivity index (χ0) is 13.6. The van der Waals surface area contributed by atoms with E-state index in [1.54, 1.807) is 13.8 Å². The predicted octanol–water partition coefficient (Wildman–Crippen LogP) is 2.99. The highest BCUT2D eigenvalue weighted by molar-refractivity contribution is 6.31. The minimum Gasteiger partial charge on any atom is -0.493 e. The Balaban J connectivity index is 2.66. The van der Waals surface area contributed by atoms with Crippen LogP contribution in [0.15, 0.2) is 18.2 Å². The van der Waals surface area contributed by atoms with Crippen LogP contribution in [-0.4, -0.2) is 23.9 Å². The van der Waals surface area contributed by atoms with Crippen LogP contribution in [0.3, 0.4) is 0 Å². The Bertz CT molecular complexity index is 375. The van der Waals surface area contributed by atoms with E-state index in [-0.39, 0.29) is 0 Å². The summed E-state index contributed by atoms with van der Waals surface area (Å²) in [6, 6.07) is 5.64. The summed E-state index contributed by atoms with van der Waals surface area (Å²) >= 11 is 6.16. The fraction of sp³-hybridized carbons (Fsp3) is 0.571. The van der Waals surface area contributed by atoms with Crippen LogP contribution >= 0.6 is 11.6 Å². The number of aliphatic hydroxyl groups is 1.